The van der Waals surface area contributed by atoms with E-state index in [1.807, 2.05) is 0 Å². The van der Waals surface area contributed by atoms with Gasteiger partial charge in [0.1, 0.15) is 0 Å². The number of hydrogen-bond acceptors (Lipinski definition) is 3. The molecule has 1 unspecified atom stereocenters. The summed E-state index contributed by atoms with van der Waals surface area (Å²) in [5.41, 5.74) is 0. The molecule has 0 rings (SSSR count). The molecule has 0 N–H and O–H groups in total. The van der Waals surface area contributed by atoms with E-state index in [2.05, 4.69) is 25.7 Å². The van der Waals surface area contributed by atoms with E-state index >= 15 is 0 Å². The number of rotatable bonds is 39. The molecule has 0 amide bonds. The minimum atomic E-state index is -0.899. The Balaban J connectivity index is 0. The average Bonchev–Trinajstić information content (AvgIpc) is 3.03. The fourth-order valence-electron chi connectivity index (χ4n) is 7.00. The molecule has 0 aliphatic carbocycles. The van der Waals surface area contributed by atoms with Crippen molar-refractivity contribution >= 4 is 5.97 Å². The molecule has 0 spiro atoms. The number of hydrogen-bond donors (Lipinski definition) is 0. The van der Waals surface area contributed by atoms with E-state index in [0.29, 0.717) is 6.04 Å². The molecule has 1 atom stereocenters. The molecule has 0 saturated heterocycles. The van der Waals surface area contributed by atoms with Crippen molar-refractivity contribution in [3.63, 3.8) is 0 Å². The Morgan fingerprint density at radius 1 is 0.435 bits per heavy atom. The van der Waals surface area contributed by atoms with Crippen molar-refractivity contribution in [1.29, 1.82) is 0 Å². The molecule has 0 saturated carbocycles. The fourth-order valence-corrected chi connectivity index (χ4v) is 7.00. The van der Waals surface area contributed by atoms with Crippen LogP contribution in [0.15, 0.2) is 0 Å². The molecule has 0 fully saturated rings. The van der Waals surface area contributed by atoms with E-state index in [9.17, 15) is 9.90 Å². The number of carbonyl (C=O) groups excluding carboxylic acids is 1. The standard InChI is InChI=1S/C42H85NO2.Li/c1-4-6-8-10-12-14-16-18-20-22-24-26-28-30-32-34-39-43(41(3)37-36-38-42(44)45)40-35-33-31-29-27-25-23-21-19-17-15-13-11-9-7-5-2;/h41H,4-40H2,1-3H3,(H,44,45);/q;+1/p-1. The molecule has 0 heterocycles. The van der Waals surface area contributed by atoms with Crippen molar-refractivity contribution in [1.82, 2.24) is 4.90 Å². The number of unbranched alkanes of at least 4 members (excludes halogenated alkanes) is 30. The Morgan fingerprint density at radius 2 is 0.674 bits per heavy atom. The third-order valence-electron chi connectivity index (χ3n) is 10.2. The molecule has 4 heteroatoms. The topological polar surface area (TPSA) is 43.4 Å². The van der Waals surface area contributed by atoms with Crippen molar-refractivity contribution in [2.75, 3.05) is 13.1 Å². The summed E-state index contributed by atoms with van der Waals surface area (Å²) in [6.45, 7) is 9.28. The summed E-state index contributed by atoms with van der Waals surface area (Å²) >= 11 is 0. The van der Waals surface area contributed by atoms with Gasteiger partial charge in [0.2, 0.25) is 0 Å². The summed E-state index contributed by atoms with van der Waals surface area (Å²) in [5.74, 6) is -0.899. The van der Waals surface area contributed by atoms with Gasteiger partial charge in [0, 0.05) is 12.0 Å². The Morgan fingerprint density at radius 3 is 0.913 bits per heavy atom. The van der Waals surface area contributed by atoms with Crippen molar-refractivity contribution < 1.29 is 28.8 Å². The van der Waals surface area contributed by atoms with Gasteiger partial charge in [-0.05, 0) is 52.1 Å². The maximum absolute atomic E-state index is 10.9. The summed E-state index contributed by atoms with van der Waals surface area (Å²) in [6, 6.07) is 0.483. The molecular weight excluding hydrogens is 557 g/mol. The molecule has 0 aromatic rings. The molecule has 0 aromatic carbocycles. The number of carboxylic acid groups (broad SMARTS) is 1. The zero-order valence-corrected chi connectivity index (χ0v) is 32.5. The monoisotopic (exact) mass is 642 g/mol. The third kappa shape index (κ3) is 38.5. The van der Waals surface area contributed by atoms with Crippen LogP contribution in [0.2, 0.25) is 0 Å². The van der Waals surface area contributed by atoms with Gasteiger partial charge in [-0.1, -0.05) is 206 Å². The molecule has 0 aliphatic rings. The van der Waals surface area contributed by atoms with E-state index in [4.69, 9.17) is 0 Å². The Kier molecular flexibility index (Phi) is 43.1. The molecule has 0 aliphatic heterocycles. The fraction of sp³-hybridized carbons (Fsp3) is 0.976. The first-order valence-electron chi connectivity index (χ1n) is 21.1. The van der Waals surface area contributed by atoms with Crippen molar-refractivity contribution in [3.05, 3.63) is 0 Å². The second-order valence-electron chi connectivity index (χ2n) is 14.8. The SMILES string of the molecule is CCCCCCCCCCCCCCCCCCN(CCCCCCCCCCCCCCCCCC)C(C)CCCC(=O)[O-].[Li+]. The van der Waals surface area contributed by atoms with E-state index in [0.717, 1.165) is 12.8 Å². The maximum Gasteiger partial charge on any atom is 1.00 e. The molecule has 0 aromatic heterocycles. The van der Waals surface area contributed by atoms with Gasteiger partial charge < -0.3 is 14.8 Å². The van der Waals surface area contributed by atoms with Crippen LogP contribution in [0.3, 0.4) is 0 Å². The van der Waals surface area contributed by atoms with Gasteiger partial charge in [0.25, 0.3) is 0 Å². The minimum absolute atomic E-state index is 0. The van der Waals surface area contributed by atoms with Gasteiger partial charge in [0.05, 0.1) is 0 Å². The first kappa shape index (κ1) is 48.1. The van der Waals surface area contributed by atoms with Crippen molar-refractivity contribution in [2.24, 2.45) is 0 Å². The summed E-state index contributed by atoms with van der Waals surface area (Å²) in [7, 11) is 0. The summed E-state index contributed by atoms with van der Waals surface area (Å²) < 4.78 is 0. The Labute approximate surface area is 303 Å². The molecular formula is C42H84LiNO2. The minimum Gasteiger partial charge on any atom is -0.550 e. The summed E-state index contributed by atoms with van der Waals surface area (Å²) in [4.78, 5) is 13.6. The normalized spacial score (nSPS) is 12.1. The molecule has 3 nitrogen and oxygen atoms in total. The largest absolute Gasteiger partial charge is 1.00 e. The van der Waals surface area contributed by atoms with Gasteiger partial charge in [-0.25, -0.2) is 0 Å². The van der Waals surface area contributed by atoms with E-state index < -0.39 is 5.97 Å². The predicted octanol–water partition coefficient (Wildman–Crippen LogP) is 10.1. The number of aliphatic carboxylic acids is 1. The zero-order valence-electron chi connectivity index (χ0n) is 32.5. The number of carbonyl (C=O) groups is 1. The van der Waals surface area contributed by atoms with Gasteiger partial charge in [-0.3, -0.25) is 0 Å². The molecule has 0 radical (unpaired) electrons. The smallest absolute Gasteiger partial charge is 0.550 e. The predicted molar refractivity (Wildman–Crippen MR) is 199 cm³/mol. The van der Waals surface area contributed by atoms with E-state index in [1.54, 1.807) is 0 Å². The molecule has 46 heavy (non-hydrogen) atoms. The third-order valence-corrected chi connectivity index (χ3v) is 10.2. The van der Waals surface area contributed by atoms with Crippen LogP contribution in [-0.4, -0.2) is 30.0 Å². The van der Waals surface area contributed by atoms with Crippen molar-refractivity contribution in [2.45, 2.75) is 252 Å². The quantitative estimate of drug-likeness (QED) is 0.0496. The second kappa shape index (κ2) is 41.2. The maximum atomic E-state index is 10.9. The first-order valence-corrected chi connectivity index (χ1v) is 21.1. The van der Waals surface area contributed by atoms with Gasteiger partial charge in [-0.15, -0.1) is 0 Å². The average molecular weight is 642 g/mol. The van der Waals surface area contributed by atoms with Crippen LogP contribution in [0.5, 0.6) is 0 Å². The van der Waals surface area contributed by atoms with Crippen LogP contribution in [-0.2, 0) is 4.79 Å². The van der Waals surface area contributed by atoms with E-state index in [-0.39, 0.29) is 25.3 Å². The van der Waals surface area contributed by atoms with Crippen LogP contribution in [0.4, 0.5) is 0 Å². The Hall–Kier alpha value is 0.0274. The first-order chi connectivity index (χ1) is 22.1. The summed E-state index contributed by atoms with van der Waals surface area (Å²) in [5, 5.41) is 10.9. The summed E-state index contributed by atoms with van der Waals surface area (Å²) in [6.07, 6.45) is 47.2. The van der Waals surface area contributed by atoms with Crippen LogP contribution in [0.25, 0.3) is 0 Å². The Bertz CT molecular complexity index is 536. The van der Waals surface area contributed by atoms with E-state index in [1.165, 1.54) is 219 Å². The van der Waals surface area contributed by atoms with Crippen LogP contribution in [0, 0.1) is 0 Å². The number of carboxylic acids is 1. The van der Waals surface area contributed by atoms with Gasteiger partial charge >= 0.3 is 18.9 Å². The molecule has 0 bridgehead atoms. The van der Waals surface area contributed by atoms with Gasteiger partial charge in [0.15, 0.2) is 0 Å². The van der Waals surface area contributed by atoms with Crippen LogP contribution in [0.1, 0.15) is 245 Å². The van der Waals surface area contributed by atoms with Crippen LogP contribution < -0.4 is 24.0 Å². The zero-order chi connectivity index (χ0) is 32.9. The molecule has 270 valence electrons. The number of nitrogens with zero attached hydrogens (tertiary/aromatic N) is 1. The second-order valence-corrected chi connectivity index (χ2v) is 14.8. The van der Waals surface area contributed by atoms with Crippen LogP contribution >= 0.6 is 0 Å². The van der Waals surface area contributed by atoms with Crippen molar-refractivity contribution in [3.8, 4) is 0 Å². The van der Waals surface area contributed by atoms with Gasteiger partial charge in [-0.2, -0.15) is 0 Å².